The molecule has 0 aliphatic carbocycles. The summed E-state index contributed by atoms with van der Waals surface area (Å²) < 4.78 is 2.92. The van der Waals surface area contributed by atoms with E-state index in [1.807, 2.05) is 0 Å². The third-order valence-corrected chi connectivity index (χ3v) is 14.3. The second-order valence-electron chi connectivity index (χ2n) is 14.0. The molecule has 0 aliphatic rings. The molecule has 2 aromatic heterocycles. The summed E-state index contributed by atoms with van der Waals surface area (Å²) in [4.78, 5) is 0. The minimum atomic E-state index is 0.186. The number of hydrogen-bond donors (Lipinski definition) is 0. The Morgan fingerprint density at radius 2 is 0.849 bits per heavy atom. The molecule has 0 nitrogen and oxygen atoms in total. The Kier molecular flexibility index (Phi) is 7.07. The first-order valence-corrected chi connectivity index (χ1v) is 20.8. The number of rotatable bonds is 4. The minimum absolute atomic E-state index is 0.186. The van der Waals surface area contributed by atoms with Crippen LogP contribution < -0.4 is 0 Å². The average Bonchev–Trinajstić information content (AvgIpc) is 3.81. The second kappa shape index (κ2) is 12.2. The molecule has 0 amide bonds. The van der Waals surface area contributed by atoms with Crippen molar-refractivity contribution in [2.75, 3.05) is 0 Å². The van der Waals surface area contributed by atoms with E-state index >= 15 is 0 Å². The van der Waals surface area contributed by atoms with Crippen molar-refractivity contribution in [3.8, 4) is 44.5 Å². The molecule has 11 rings (SSSR count). The first-order chi connectivity index (χ1) is 26.2. The van der Waals surface area contributed by atoms with Crippen LogP contribution in [0.3, 0.4) is 0 Å². The van der Waals surface area contributed by atoms with Gasteiger partial charge in [0.2, 0.25) is 0 Å². The van der Waals surface area contributed by atoms with Crippen LogP contribution in [-0.2, 0) is 0 Å². The van der Waals surface area contributed by atoms with Gasteiger partial charge in [-0.15, -0.1) is 0 Å². The van der Waals surface area contributed by atoms with Gasteiger partial charge in [0.05, 0.1) is 0 Å². The van der Waals surface area contributed by atoms with Gasteiger partial charge in [0.25, 0.3) is 0 Å². The van der Waals surface area contributed by atoms with E-state index < -0.39 is 0 Å². The van der Waals surface area contributed by atoms with Crippen LogP contribution in [0.15, 0.2) is 175 Å². The van der Waals surface area contributed by atoms with Gasteiger partial charge in [-0.1, -0.05) is 0 Å². The van der Waals surface area contributed by atoms with Crippen molar-refractivity contribution in [2.45, 2.75) is 6.92 Å². The molecule has 0 spiro atoms. The van der Waals surface area contributed by atoms with Gasteiger partial charge < -0.3 is 0 Å². The number of thiophene rings is 1. The van der Waals surface area contributed by atoms with E-state index in [9.17, 15) is 0 Å². The molecule has 0 unspecified atom stereocenters. The van der Waals surface area contributed by atoms with E-state index in [0.29, 0.717) is 0 Å². The fraction of sp³-hybridized carbons (Fsp3) is 0.0196. The van der Waals surface area contributed by atoms with Crippen molar-refractivity contribution in [1.82, 2.24) is 0 Å². The fourth-order valence-corrected chi connectivity index (χ4v) is 12.2. The molecule has 0 aliphatic heterocycles. The van der Waals surface area contributed by atoms with Gasteiger partial charge in [-0.05, 0) is 0 Å². The summed E-state index contributed by atoms with van der Waals surface area (Å²) in [5.74, 6) is 0. The van der Waals surface area contributed by atoms with Gasteiger partial charge in [0.1, 0.15) is 0 Å². The molecule has 0 bridgehead atoms. The molecular formula is C51H32SSe. The summed E-state index contributed by atoms with van der Waals surface area (Å²) in [6, 6.07) is 61.3. The van der Waals surface area contributed by atoms with Crippen molar-refractivity contribution in [1.29, 1.82) is 0 Å². The van der Waals surface area contributed by atoms with Gasteiger partial charge in [-0.25, -0.2) is 0 Å². The van der Waals surface area contributed by atoms with Crippen LogP contribution in [0.4, 0.5) is 0 Å². The van der Waals surface area contributed by atoms with Crippen molar-refractivity contribution in [3.63, 3.8) is 0 Å². The van der Waals surface area contributed by atoms with E-state index in [2.05, 4.69) is 181 Å². The molecular weight excluding hydrogens is 724 g/mol. The molecule has 0 radical (unpaired) electrons. The maximum absolute atomic E-state index is 2.51. The SMILES string of the molecule is Cc1cscc1-c1c2ccccc2c(-c2cccc3[se]c4cc(-c5c6ccccc6c(-c6ccccc6)c6ccccc56)ccc4c23)c2ccccc12. The van der Waals surface area contributed by atoms with Crippen molar-refractivity contribution < 1.29 is 0 Å². The topological polar surface area (TPSA) is 0 Å². The first-order valence-electron chi connectivity index (χ1n) is 18.2. The van der Waals surface area contributed by atoms with Crippen LogP contribution in [0.25, 0.3) is 107 Å². The Morgan fingerprint density at radius 1 is 0.358 bits per heavy atom. The zero-order chi connectivity index (χ0) is 35.0. The summed E-state index contributed by atoms with van der Waals surface area (Å²) in [6.07, 6.45) is 0. The summed E-state index contributed by atoms with van der Waals surface area (Å²) in [6.45, 7) is 2.24. The van der Waals surface area contributed by atoms with Crippen LogP contribution in [0.1, 0.15) is 5.56 Å². The monoisotopic (exact) mass is 756 g/mol. The molecule has 0 saturated carbocycles. The van der Waals surface area contributed by atoms with E-state index in [0.717, 1.165) is 0 Å². The first kappa shape index (κ1) is 30.8. The molecule has 0 fully saturated rings. The number of hydrogen-bond acceptors (Lipinski definition) is 1. The molecule has 0 N–H and O–H groups in total. The van der Waals surface area contributed by atoms with Gasteiger partial charge >= 0.3 is 320 Å². The maximum atomic E-state index is 2.51. The van der Waals surface area contributed by atoms with Crippen LogP contribution >= 0.6 is 11.3 Å². The van der Waals surface area contributed by atoms with E-state index in [-0.39, 0.29) is 14.5 Å². The number of aryl methyl sites for hydroxylation is 1. The molecule has 53 heavy (non-hydrogen) atoms. The molecule has 9 aromatic carbocycles. The molecule has 0 saturated heterocycles. The van der Waals surface area contributed by atoms with Crippen molar-refractivity contribution in [3.05, 3.63) is 180 Å². The molecule has 0 atom stereocenters. The predicted molar refractivity (Wildman–Crippen MR) is 233 cm³/mol. The fourth-order valence-electron chi connectivity index (χ4n) is 8.87. The van der Waals surface area contributed by atoms with Crippen LogP contribution in [0.2, 0.25) is 0 Å². The Hall–Kier alpha value is -5.76. The quantitative estimate of drug-likeness (QED) is 0.124. The molecule has 11 aromatic rings. The van der Waals surface area contributed by atoms with Crippen LogP contribution in [-0.4, -0.2) is 14.5 Å². The standard InChI is InChI=1S/C51H32SSe/c1-31-29-52-30-44(31)50-40-22-11-9-20-38(40)49(39-21-10-12-23-41(39)50)43-24-13-25-45-51(43)42-27-26-33(28-46(42)53-45)48-36-18-7-5-16-34(36)47(32-14-3-2-4-15-32)35-17-6-8-19-37(35)48/h2-30H,1H3. The van der Waals surface area contributed by atoms with Crippen LogP contribution in [0.5, 0.6) is 0 Å². The Bertz CT molecular complexity index is 3120. The Labute approximate surface area is 318 Å². The molecule has 2 heterocycles. The summed E-state index contributed by atoms with van der Waals surface area (Å²) in [7, 11) is 0. The Morgan fingerprint density at radius 3 is 1.38 bits per heavy atom. The summed E-state index contributed by atoms with van der Waals surface area (Å²) >= 11 is 1.98. The van der Waals surface area contributed by atoms with Gasteiger partial charge in [0.15, 0.2) is 0 Å². The average molecular weight is 756 g/mol. The third kappa shape index (κ3) is 4.67. The summed E-state index contributed by atoms with van der Waals surface area (Å²) in [5.41, 5.74) is 11.9. The van der Waals surface area contributed by atoms with Gasteiger partial charge in [-0.3, -0.25) is 0 Å². The van der Waals surface area contributed by atoms with Gasteiger partial charge in [-0.2, -0.15) is 0 Å². The van der Waals surface area contributed by atoms with E-state index in [1.54, 1.807) is 11.3 Å². The van der Waals surface area contributed by atoms with Gasteiger partial charge in [0, 0.05) is 0 Å². The molecule has 248 valence electrons. The van der Waals surface area contributed by atoms with Crippen molar-refractivity contribution >= 4 is 88.2 Å². The number of benzene rings is 9. The predicted octanol–water partition coefficient (Wildman–Crippen LogP) is 14.7. The molecule has 2 heteroatoms. The number of fused-ring (bicyclic) bond motifs is 7. The van der Waals surface area contributed by atoms with Crippen LogP contribution in [0, 0.1) is 6.92 Å². The normalized spacial score (nSPS) is 11.9. The summed E-state index contributed by atoms with van der Waals surface area (Å²) in [5, 5.41) is 17.8. The van der Waals surface area contributed by atoms with E-state index in [4.69, 9.17) is 0 Å². The third-order valence-electron chi connectivity index (χ3n) is 11.1. The second-order valence-corrected chi connectivity index (χ2v) is 17.0. The van der Waals surface area contributed by atoms with Crippen molar-refractivity contribution in [2.24, 2.45) is 0 Å². The van der Waals surface area contributed by atoms with E-state index in [1.165, 1.54) is 112 Å². The Balaban J connectivity index is 1.18. The zero-order valence-corrected chi connectivity index (χ0v) is 31.6. The zero-order valence-electron chi connectivity index (χ0n) is 29.1.